The number of nitrogens with zero attached hydrogens (tertiary/aromatic N) is 1. The van der Waals surface area contributed by atoms with Gasteiger partial charge in [0.25, 0.3) is 0 Å². The fourth-order valence-corrected chi connectivity index (χ4v) is 3.04. The molecule has 0 amide bonds. The molecule has 0 atom stereocenters. The van der Waals surface area contributed by atoms with Gasteiger partial charge < -0.3 is 15.0 Å². The standard InChI is InChI=1S/C13H20N2O2S2/c1-5-15(6-2)13(18)14-11-10(9(4)8-19-11)12(16)17-7-3/h8H,5-7H2,1-4H3,(H,14,18). The Kier molecular flexibility index (Phi) is 6.24. The van der Waals surface area contributed by atoms with Crippen LogP contribution >= 0.6 is 23.6 Å². The van der Waals surface area contributed by atoms with E-state index in [2.05, 4.69) is 5.32 Å². The smallest absolute Gasteiger partial charge is 0.341 e. The second-order valence-electron chi connectivity index (χ2n) is 3.95. The number of thiocarbonyl (C=S) groups is 1. The molecule has 1 N–H and O–H groups in total. The molecule has 0 aliphatic carbocycles. The number of nitrogens with one attached hydrogen (secondary N) is 1. The maximum Gasteiger partial charge on any atom is 0.341 e. The minimum atomic E-state index is -0.300. The van der Waals surface area contributed by atoms with Crippen LogP contribution in [0.4, 0.5) is 5.00 Å². The summed E-state index contributed by atoms with van der Waals surface area (Å²) in [6.07, 6.45) is 0. The lowest BCUT2D eigenvalue weighted by Crippen LogP contribution is -2.34. The zero-order chi connectivity index (χ0) is 14.4. The minimum absolute atomic E-state index is 0.300. The van der Waals surface area contributed by atoms with Gasteiger partial charge in [-0.25, -0.2) is 4.79 Å². The molecule has 0 fully saturated rings. The van der Waals surface area contributed by atoms with E-state index in [9.17, 15) is 4.79 Å². The highest BCUT2D eigenvalue weighted by Crippen LogP contribution is 2.28. The Balaban J connectivity index is 2.90. The Morgan fingerprint density at radius 3 is 2.58 bits per heavy atom. The molecule has 106 valence electrons. The Morgan fingerprint density at radius 2 is 2.05 bits per heavy atom. The third kappa shape index (κ3) is 3.91. The number of carbonyl (C=O) groups excluding carboxylic acids is 1. The highest BCUT2D eigenvalue weighted by atomic mass is 32.1. The van der Waals surface area contributed by atoms with Crippen molar-refractivity contribution in [2.24, 2.45) is 0 Å². The molecule has 1 rings (SSSR count). The van der Waals surface area contributed by atoms with Gasteiger partial charge in [-0.2, -0.15) is 0 Å². The first kappa shape index (κ1) is 15.9. The lowest BCUT2D eigenvalue weighted by Gasteiger charge is -2.22. The van der Waals surface area contributed by atoms with Gasteiger partial charge in [0, 0.05) is 13.1 Å². The Morgan fingerprint density at radius 1 is 1.42 bits per heavy atom. The Bertz CT molecular complexity index is 453. The fraction of sp³-hybridized carbons (Fsp3) is 0.538. The predicted octanol–water partition coefficient (Wildman–Crippen LogP) is 3.27. The normalized spacial score (nSPS) is 10.1. The van der Waals surface area contributed by atoms with Crippen molar-refractivity contribution in [2.45, 2.75) is 27.7 Å². The molecule has 0 spiro atoms. The number of thiophene rings is 1. The summed E-state index contributed by atoms with van der Waals surface area (Å²) >= 11 is 6.82. The summed E-state index contributed by atoms with van der Waals surface area (Å²) in [5.74, 6) is -0.300. The Hall–Kier alpha value is -1.14. The first-order valence-corrected chi connectivity index (χ1v) is 7.64. The number of anilines is 1. The number of rotatable bonds is 5. The summed E-state index contributed by atoms with van der Waals surface area (Å²) in [6.45, 7) is 9.82. The molecule has 4 nitrogen and oxygen atoms in total. The summed E-state index contributed by atoms with van der Waals surface area (Å²) in [5.41, 5.74) is 1.50. The average Bonchev–Trinajstić information content (AvgIpc) is 2.72. The monoisotopic (exact) mass is 300 g/mol. The van der Waals surface area contributed by atoms with E-state index in [0.717, 1.165) is 23.7 Å². The molecule has 0 radical (unpaired) electrons. The molecule has 1 aromatic rings. The SMILES string of the molecule is CCOC(=O)c1c(C)csc1NC(=S)N(CC)CC. The molecule has 0 aliphatic rings. The second kappa shape index (κ2) is 7.45. The van der Waals surface area contributed by atoms with E-state index in [0.29, 0.717) is 17.3 Å². The molecule has 0 aromatic carbocycles. The van der Waals surface area contributed by atoms with Crippen LogP contribution in [-0.4, -0.2) is 35.7 Å². The molecule has 1 aromatic heterocycles. The van der Waals surface area contributed by atoms with E-state index >= 15 is 0 Å². The molecule has 0 saturated carbocycles. The lowest BCUT2D eigenvalue weighted by atomic mass is 10.2. The molecule has 1 heterocycles. The van der Waals surface area contributed by atoms with Gasteiger partial charge in [-0.3, -0.25) is 0 Å². The second-order valence-corrected chi connectivity index (χ2v) is 5.21. The predicted molar refractivity (Wildman–Crippen MR) is 84.2 cm³/mol. The van der Waals surface area contributed by atoms with E-state index < -0.39 is 0 Å². The van der Waals surface area contributed by atoms with Crippen LogP contribution in [0.25, 0.3) is 0 Å². The quantitative estimate of drug-likeness (QED) is 0.667. The molecule has 0 saturated heterocycles. The summed E-state index contributed by atoms with van der Waals surface area (Å²) < 4.78 is 5.07. The van der Waals surface area contributed by atoms with Gasteiger partial charge in [-0.15, -0.1) is 11.3 Å². The van der Waals surface area contributed by atoms with Gasteiger partial charge in [0.1, 0.15) is 5.00 Å². The van der Waals surface area contributed by atoms with Gasteiger partial charge in [0.2, 0.25) is 0 Å². The van der Waals surface area contributed by atoms with Crippen molar-refractivity contribution in [1.82, 2.24) is 4.90 Å². The number of esters is 1. The number of hydrogen-bond donors (Lipinski definition) is 1. The van der Waals surface area contributed by atoms with Crippen molar-refractivity contribution in [3.05, 3.63) is 16.5 Å². The lowest BCUT2D eigenvalue weighted by molar-refractivity contribution is 0.0527. The van der Waals surface area contributed by atoms with Crippen LogP contribution in [0.3, 0.4) is 0 Å². The molecule has 19 heavy (non-hydrogen) atoms. The molecule has 0 bridgehead atoms. The first-order chi connectivity index (χ1) is 9.04. The minimum Gasteiger partial charge on any atom is -0.462 e. The van der Waals surface area contributed by atoms with Crippen LogP contribution in [0, 0.1) is 6.92 Å². The van der Waals surface area contributed by atoms with E-state index in [4.69, 9.17) is 17.0 Å². The summed E-state index contributed by atoms with van der Waals surface area (Å²) in [7, 11) is 0. The van der Waals surface area contributed by atoms with Crippen LogP contribution < -0.4 is 5.32 Å². The zero-order valence-electron chi connectivity index (χ0n) is 11.8. The van der Waals surface area contributed by atoms with Crippen LogP contribution in [0.1, 0.15) is 36.7 Å². The van der Waals surface area contributed by atoms with Gasteiger partial charge >= 0.3 is 5.97 Å². The maximum absolute atomic E-state index is 11.9. The number of aryl methyl sites for hydroxylation is 1. The van der Waals surface area contributed by atoms with Crippen LogP contribution in [0.15, 0.2) is 5.38 Å². The van der Waals surface area contributed by atoms with Crippen LogP contribution in [0.2, 0.25) is 0 Å². The van der Waals surface area contributed by atoms with Gasteiger partial charge in [0.15, 0.2) is 5.11 Å². The van der Waals surface area contributed by atoms with Crippen molar-refractivity contribution >= 4 is 39.6 Å². The fourth-order valence-electron chi connectivity index (χ4n) is 1.68. The highest BCUT2D eigenvalue weighted by Gasteiger charge is 2.19. The third-order valence-corrected chi connectivity index (χ3v) is 4.10. The maximum atomic E-state index is 11.9. The van der Waals surface area contributed by atoms with Crippen LogP contribution in [0.5, 0.6) is 0 Å². The van der Waals surface area contributed by atoms with Gasteiger partial charge in [-0.1, -0.05) is 0 Å². The first-order valence-electron chi connectivity index (χ1n) is 6.36. The summed E-state index contributed by atoms with van der Waals surface area (Å²) in [4.78, 5) is 14.0. The zero-order valence-corrected chi connectivity index (χ0v) is 13.4. The van der Waals surface area contributed by atoms with Gasteiger partial charge in [-0.05, 0) is 50.9 Å². The summed E-state index contributed by atoms with van der Waals surface area (Å²) in [5, 5.41) is 6.47. The number of carbonyl (C=O) groups is 1. The molecule has 6 heteroatoms. The molecular weight excluding hydrogens is 280 g/mol. The van der Waals surface area contributed by atoms with Crippen molar-refractivity contribution in [3.63, 3.8) is 0 Å². The highest BCUT2D eigenvalue weighted by molar-refractivity contribution is 7.80. The van der Waals surface area contributed by atoms with E-state index in [-0.39, 0.29) is 5.97 Å². The summed E-state index contributed by atoms with van der Waals surface area (Å²) in [6, 6.07) is 0. The largest absolute Gasteiger partial charge is 0.462 e. The number of ether oxygens (including phenoxy) is 1. The van der Waals surface area contributed by atoms with Crippen molar-refractivity contribution in [2.75, 3.05) is 25.0 Å². The number of hydrogen-bond acceptors (Lipinski definition) is 4. The molecular formula is C13H20N2O2S2. The van der Waals surface area contributed by atoms with E-state index in [1.54, 1.807) is 6.92 Å². The topological polar surface area (TPSA) is 41.6 Å². The van der Waals surface area contributed by atoms with E-state index in [1.807, 2.05) is 31.1 Å². The van der Waals surface area contributed by atoms with Crippen molar-refractivity contribution in [1.29, 1.82) is 0 Å². The van der Waals surface area contributed by atoms with Crippen molar-refractivity contribution in [3.8, 4) is 0 Å². The average molecular weight is 300 g/mol. The third-order valence-electron chi connectivity index (χ3n) is 2.73. The van der Waals surface area contributed by atoms with Crippen LogP contribution in [-0.2, 0) is 4.74 Å². The molecule has 0 aliphatic heterocycles. The van der Waals surface area contributed by atoms with Crippen molar-refractivity contribution < 1.29 is 9.53 Å². The Labute approximate surface area is 123 Å². The van der Waals surface area contributed by atoms with Gasteiger partial charge in [0.05, 0.1) is 12.2 Å². The molecule has 0 unspecified atom stereocenters. The van der Waals surface area contributed by atoms with E-state index in [1.165, 1.54) is 11.3 Å².